The van der Waals surface area contributed by atoms with E-state index in [0.717, 1.165) is 5.56 Å². The van der Waals surface area contributed by atoms with E-state index in [1.54, 1.807) is 38.3 Å². The molecular formula is C16H18O5. The highest BCUT2D eigenvalue weighted by Gasteiger charge is 2.42. The molecule has 0 amide bonds. The lowest BCUT2D eigenvalue weighted by molar-refractivity contribution is -0.154. The number of benzene rings is 1. The zero-order chi connectivity index (χ0) is 15.4. The zero-order valence-corrected chi connectivity index (χ0v) is 12.1. The highest BCUT2D eigenvalue weighted by atomic mass is 16.5. The molecule has 1 aromatic carbocycles. The van der Waals surface area contributed by atoms with E-state index in [4.69, 9.17) is 9.47 Å². The van der Waals surface area contributed by atoms with Crippen LogP contribution in [0.2, 0.25) is 0 Å². The Kier molecular flexibility index (Phi) is 4.73. The van der Waals surface area contributed by atoms with Crippen molar-refractivity contribution in [2.75, 3.05) is 13.7 Å². The summed E-state index contributed by atoms with van der Waals surface area (Å²) in [4.78, 5) is 35.8. The Bertz CT molecular complexity index is 546. The first-order valence-electron chi connectivity index (χ1n) is 6.91. The standard InChI is InChI=1S/C16H18O5/c1-3-21-16(19)15-13(8-11(17)9-14(15)18)10-4-6-12(20-2)7-5-10/h4-7,13,15H,3,8-9H2,1-2H3/t13-,15+/m1/s1. The number of rotatable bonds is 4. The third kappa shape index (κ3) is 3.29. The van der Waals surface area contributed by atoms with Crippen LogP contribution in [0, 0.1) is 5.92 Å². The van der Waals surface area contributed by atoms with E-state index in [1.165, 1.54) is 0 Å². The molecule has 1 saturated carbocycles. The largest absolute Gasteiger partial charge is 0.497 e. The fraction of sp³-hybridized carbons (Fsp3) is 0.438. The molecule has 2 rings (SSSR count). The van der Waals surface area contributed by atoms with Crippen molar-refractivity contribution in [3.63, 3.8) is 0 Å². The quantitative estimate of drug-likeness (QED) is 0.625. The van der Waals surface area contributed by atoms with Crippen molar-refractivity contribution < 1.29 is 23.9 Å². The molecular weight excluding hydrogens is 272 g/mol. The molecule has 0 bridgehead atoms. The van der Waals surface area contributed by atoms with Crippen LogP contribution >= 0.6 is 0 Å². The van der Waals surface area contributed by atoms with Gasteiger partial charge in [-0.2, -0.15) is 0 Å². The van der Waals surface area contributed by atoms with Gasteiger partial charge in [0.15, 0.2) is 5.78 Å². The molecule has 5 heteroatoms. The summed E-state index contributed by atoms with van der Waals surface area (Å²) < 4.78 is 10.1. The van der Waals surface area contributed by atoms with Crippen molar-refractivity contribution in [1.82, 2.24) is 0 Å². The summed E-state index contributed by atoms with van der Waals surface area (Å²) in [6.45, 7) is 1.91. The van der Waals surface area contributed by atoms with Crippen LogP contribution in [0.4, 0.5) is 0 Å². The van der Waals surface area contributed by atoms with Crippen LogP contribution in [0.15, 0.2) is 24.3 Å². The van der Waals surface area contributed by atoms with Gasteiger partial charge in [-0.1, -0.05) is 12.1 Å². The number of carbonyl (C=O) groups excluding carboxylic acids is 3. The molecule has 0 radical (unpaired) electrons. The summed E-state index contributed by atoms with van der Waals surface area (Å²) in [5, 5.41) is 0. The molecule has 0 aromatic heterocycles. The highest BCUT2D eigenvalue weighted by molar-refractivity contribution is 6.11. The first kappa shape index (κ1) is 15.2. The second-order valence-electron chi connectivity index (χ2n) is 5.00. The minimum absolute atomic E-state index is 0.138. The SMILES string of the molecule is CCOC(=O)[C@@H]1C(=O)CC(=O)C[C@@H]1c1ccc(OC)cc1. The fourth-order valence-corrected chi connectivity index (χ4v) is 2.65. The molecule has 0 saturated heterocycles. The van der Waals surface area contributed by atoms with Crippen LogP contribution in [0.25, 0.3) is 0 Å². The number of methoxy groups -OCH3 is 1. The minimum Gasteiger partial charge on any atom is -0.497 e. The van der Waals surface area contributed by atoms with Gasteiger partial charge in [-0.25, -0.2) is 0 Å². The van der Waals surface area contributed by atoms with Gasteiger partial charge < -0.3 is 9.47 Å². The van der Waals surface area contributed by atoms with E-state index < -0.39 is 17.8 Å². The van der Waals surface area contributed by atoms with Gasteiger partial charge in [0.25, 0.3) is 0 Å². The van der Waals surface area contributed by atoms with Crippen LogP contribution in [-0.4, -0.2) is 31.3 Å². The molecule has 112 valence electrons. The first-order valence-corrected chi connectivity index (χ1v) is 6.91. The van der Waals surface area contributed by atoms with Crippen LogP contribution in [0.5, 0.6) is 5.75 Å². The van der Waals surface area contributed by atoms with Gasteiger partial charge in [0, 0.05) is 12.3 Å². The van der Waals surface area contributed by atoms with Gasteiger partial charge in [-0.3, -0.25) is 14.4 Å². The fourth-order valence-electron chi connectivity index (χ4n) is 2.65. The molecule has 0 aliphatic heterocycles. The molecule has 0 heterocycles. The number of hydrogen-bond donors (Lipinski definition) is 0. The summed E-state index contributed by atoms with van der Waals surface area (Å²) in [6.07, 6.45) is -0.00230. The minimum atomic E-state index is -0.893. The molecule has 1 aliphatic rings. The van der Waals surface area contributed by atoms with E-state index in [1.807, 2.05) is 0 Å². The summed E-state index contributed by atoms with van der Waals surface area (Å²) in [7, 11) is 1.56. The Morgan fingerprint density at radius 3 is 2.48 bits per heavy atom. The summed E-state index contributed by atoms with van der Waals surface area (Å²) in [6, 6.07) is 7.06. The normalized spacial score (nSPS) is 22.0. The van der Waals surface area contributed by atoms with Gasteiger partial charge in [0.2, 0.25) is 0 Å². The number of ketones is 2. The molecule has 0 spiro atoms. The van der Waals surface area contributed by atoms with Crippen LogP contribution in [0.1, 0.15) is 31.2 Å². The average molecular weight is 290 g/mol. The van der Waals surface area contributed by atoms with Gasteiger partial charge in [-0.05, 0) is 24.6 Å². The molecule has 1 fully saturated rings. The van der Waals surface area contributed by atoms with Crippen LogP contribution in [0.3, 0.4) is 0 Å². The first-order chi connectivity index (χ1) is 10.1. The summed E-state index contributed by atoms with van der Waals surface area (Å²) in [5.41, 5.74) is 0.773. The van der Waals surface area contributed by atoms with E-state index in [0.29, 0.717) is 5.75 Å². The molecule has 21 heavy (non-hydrogen) atoms. The Balaban J connectivity index is 2.32. The van der Waals surface area contributed by atoms with Crippen molar-refractivity contribution in [2.24, 2.45) is 5.92 Å². The van der Waals surface area contributed by atoms with E-state index in [2.05, 4.69) is 0 Å². The second-order valence-corrected chi connectivity index (χ2v) is 5.00. The maximum Gasteiger partial charge on any atom is 0.317 e. The lowest BCUT2D eigenvalue weighted by atomic mass is 9.74. The Labute approximate surface area is 123 Å². The monoisotopic (exact) mass is 290 g/mol. The topological polar surface area (TPSA) is 69.7 Å². The van der Waals surface area contributed by atoms with Gasteiger partial charge in [-0.15, -0.1) is 0 Å². The van der Waals surface area contributed by atoms with Gasteiger partial charge >= 0.3 is 5.97 Å². The van der Waals surface area contributed by atoms with Gasteiger partial charge in [0.1, 0.15) is 17.5 Å². The van der Waals surface area contributed by atoms with Crippen molar-refractivity contribution in [3.8, 4) is 5.75 Å². The Hall–Kier alpha value is -2.17. The maximum atomic E-state index is 12.1. The average Bonchev–Trinajstić information content (AvgIpc) is 2.46. The second kappa shape index (κ2) is 6.52. The number of esters is 1. The number of hydrogen-bond acceptors (Lipinski definition) is 5. The van der Waals surface area contributed by atoms with Crippen molar-refractivity contribution in [1.29, 1.82) is 0 Å². The summed E-state index contributed by atoms with van der Waals surface area (Å²) >= 11 is 0. The predicted octanol–water partition coefficient (Wildman–Crippen LogP) is 1.89. The molecule has 2 atom stereocenters. The third-order valence-electron chi connectivity index (χ3n) is 3.65. The highest BCUT2D eigenvalue weighted by Crippen LogP contribution is 2.35. The number of Topliss-reactive ketones (excluding diaryl/α,β-unsaturated/α-hetero) is 2. The zero-order valence-electron chi connectivity index (χ0n) is 12.1. The number of carbonyl (C=O) groups is 3. The van der Waals surface area contributed by atoms with Crippen LogP contribution < -0.4 is 4.74 Å². The molecule has 1 aliphatic carbocycles. The molecule has 1 aromatic rings. The Morgan fingerprint density at radius 2 is 1.90 bits per heavy atom. The van der Waals surface area contributed by atoms with Crippen LogP contribution in [-0.2, 0) is 19.1 Å². The van der Waals surface area contributed by atoms with Crippen molar-refractivity contribution in [3.05, 3.63) is 29.8 Å². The van der Waals surface area contributed by atoms with Crippen molar-refractivity contribution in [2.45, 2.75) is 25.7 Å². The lowest BCUT2D eigenvalue weighted by Gasteiger charge is -2.28. The Morgan fingerprint density at radius 1 is 1.24 bits per heavy atom. The molecule has 0 N–H and O–H groups in total. The van der Waals surface area contributed by atoms with E-state index in [9.17, 15) is 14.4 Å². The van der Waals surface area contributed by atoms with E-state index in [-0.39, 0.29) is 31.0 Å². The third-order valence-corrected chi connectivity index (χ3v) is 3.65. The van der Waals surface area contributed by atoms with Crippen molar-refractivity contribution >= 4 is 17.5 Å². The number of ether oxygens (including phenoxy) is 2. The lowest BCUT2D eigenvalue weighted by Crippen LogP contribution is -2.38. The molecule has 0 unspecified atom stereocenters. The van der Waals surface area contributed by atoms with Gasteiger partial charge in [0.05, 0.1) is 20.1 Å². The summed E-state index contributed by atoms with van der Waals surface area (Å²) in [5.74, 6) is -1.71. The smallest absolute Gasteiger partial charge is 0.317 e. The predicted molar refractivity (Wildman–Crippen MR) is 75.1 cm³/mol. The molecule has 5 nitrogen and oxygen atoms in total. The maximum absolute atomic E-state index is 12.1. The van der Waals surface area contributed by atoms with E-state index >= 15 is 0 Å².